The lowest BCUT2D eigenvalue weighted by Crippen LogP contribution is -2.13. The molecule has 1 saturated carbocycles. The van der Waals surface area contributed by atoms with Crippen molar-refractivity contribution in [3.05, 3.63) is 35.9 Å². The first kappa shape index (κ1) is 9.37. The Bertz CT molecular complexity index is 341. The molecule has 0 bridgehead atoms. The van der Waals surface area contributed by atoms with Gasteiger partial charge in [-0.05, 0) is 37.1 Å². The van der Waals surface area contributed by atoms with Gasteiger partial charge < -0.3 is 10.2 Å². The van der Waals surface area contributed by atoms with E-state index in [0.29, 0.717) is 12.8 Å². The maximum absolute atomic E-state index is 10.2. The van der Waals surface area contributed by atoms with Crippen LogP contribution in [0, 0.1) is 5.92 Å². The first-order valence-electron chi connectivity index (χ1n) is 6.05. The third kappa shape index (κ3) is 2.58. The summed E-state index contributed by atoms with van der Waals surface area (Å²) < 4.78 is 7.71. The van der Waals surface area contributed by atoms with E-state index in [1.165, 1.54) is 5.56 Å². The number of hydrogen-bond donors (Lipinski definition) is 2. The Labute approximate surface area is 92.0 Å². The summed E-state index contributed by atoms with van der Waals surface area (Å²) in [5, 5.41) is 19.0. The molecule has 1 aromatic rings. The Morgan fingerprint density at radius 3 is 2.80 bits per heavy atom. The largest absolute Gasteiger partial charge is 0.396 e. The van der Waals surface area contributed by atoms with Crippen LogP contribution in [0.15, 0.2) is 30.3 Å². The van der Waals surface area contributed by atoms with Crippen LogP contribution in [0.25, 0.3) is 0 Å². The third-order valence-electron chi connectivity index (χ3n) is 3.12. The van der Waals surface area contributed by atoms with Crippen LogP contribution in [0.1, 0.15) is 26.2 Å². The molecular formula is C13H18O2. The summed E-state index contributed by atoms with van der Waals surface area (Å²) in [5.41, 5.74) is 0.330. The molecular weight excluding hydrogens is 188 g/mol. The van der Waals surface area contributed by atoms with Crippen LogP contribution in [0.2, 0.25) is 0 Å². The van der Waals surface area contributed by atoms with E-state index in [9.17, 15) is 5.11 Å². The summed E-state index contributed by atoms with van der Waals surface area (Å²) in [7, 11) is 0. The van der Waals surface area contributed by atoms with E-state index >= 15 is 0 Å². The van der Waals surface area contributed by atoms with Crippen molar-refractivity contribution < 1.29 is 11.6 Å². The molecule has 0 saturated heterocycles. The monoisotopic (exact) mass is 207 g/mol. The molecule has 0 heterocycles. The maximum atomic E-state index is 10.2. The zero-order valence-electron chi connectivity index (χ0n) is 9.76. The number of aliphatic hydroxyl groups is 2. The predicted octanol–water partition coefficient (Wildman–Crippen LogP) is 1.75. The average molecular weight is 207 g/mol. The van der Waals surface area contributed by atoms with Crippen molar-refractivity contribution in [3.8, 4) is 0 Å². The first-order valence-corrected chi connectivity index (χ1v) is 5.48. The van der Waals surface area contributed by atoms with Crippen molar-refractivity contribution in [2.24, 2.45) is 5.92 Å². The fourth-order valence-corrected chi connectivity index (χ4v) is 2.03. The zero-order chi connectivity index (χ0) is 11.6. The number of rotatable bonds is 5. The van der Waals surface area contributed by atoms with E-state index in [1.807, 2.05) is 30.3 Å². The lowest BCUT2D eigenvalue weighted by molar-refractivity contribution is 0.114. The highest BCUT2D eigenvalue weighted by Crippen LogP contribution is 2.48. The van der Waals surface area contributed by atoms with E-state index in [0.717, 1.165) is 6.42 Å². The Balaban J connectivity index is 1.87. The van der Waals surface area contributed by atoms with Crippen LogP contribution in [-0.2, 0) is 6.42 Å². The molecule has 82 valence electrons. The van der Waals surface area contributed by atoms with Gasteiger partial charge in [0.1, 0.15) is 0 Å². The summed E-state index contributed by atoms with van der Waals surface area (Å²) in [6.45, 7) is 0.0632. The topological polar surface area (TPSA) is 40.5 Å². The predicted molar refractivity (Wildman–Crippen MR) is 59.5 cm³/mol. The fourth-order valence-electron chi connectivity index (χ4n) is 2.03. The minimum Gasteiger partial charge on any atom is -0.396 e. The van der Waals surface area contributed by atoms with E-state index < -0.39 is 12.0 Å². The molecule has 1 aromatic carbocycles. The summed E-state index contributed by atoms with van der Waals surface area (Å²) >= 11 is 0. The number of aliphatic hydroxyl groups excluding tert-OH is 1. The molecule has 3 atom stereocenters. The van der Waals surface area contributed by atoms with Gasteiger partial charge in [0.25, 0.3) is 0 Å². The van der Waals surface area contributed by atoms with Gasteiger partial charge in [-0.3, -0.25) is 0 Å². The van der Waals surface area contributed by atoms with Crippen molar-refractivity contribution in [1.29, 1.82) is 0 Å². The Hall–Kier alpha value is -0.860. The van der Waals surface area contributed by atoms with E-state index in [-0.39, 0.29) is 12.5 Å². The van der Waals surface area contributed by atoms with Gasteiger partial charge in [0.2, 0.25) is 0 Å². The van der Waals surface area contributed by atoms with Gasteiger partial charge in [0.05, 0.1) is 5.60 Å². The molecule has 1 aliphatic carbocycles. The number of benzene rings is 1. The van der Waals surface area contributed by atoms with Crippen LogP contribution in [0.3, 0.4) is 0 Å². The molecule has 2 rings (SSSR count). The van der Waals surface area contributed by atoms with E-state index in [4.69, 9.17) is 6.48 Å². The minimum absolute atomic E-state index is 0.0405. The summed E-state index contributed by atoms with van der Waals surface area (Å²) in [6, 6.07) is 10.0. The summed E-state index contributed by atoms with van der Waals surface area (Å²) in [5.74, 6) is -0.0405. The highest BCUT2D eigenvalue weighted by molar-refractivity contribution is 5.16. The molecule has 1 fully saturated rings. The van der Waals surface area contributed by atoms with Gasteiger partial charge in [-0.2, -0.15) is 0 Å². The second-order valence-corrected chi connectivity index (χ2v) is 4.26. The first-order chi connectivity index (χ1) is 7.68. The van der Waals surface area contributed by atoms with Crippen molar-refractivity contribution in [1.82, 2.24) is 0 Å². The Morgan fingerprint density at radius 2 is 2.13 bits per heavy atom. The van der Waals surface area contributed by atoms with E-state index in [1.54, 1.807) is 0 Å². The maximum Gasteiger partial charge on any atom is 0.0684 e. The molecule has 0 amide bonds. The van der Waals surface area contributed by atoms with Gasteiger partial charge in [0.15, 0.2) is 0 Å². The minimum atomic E-state index is -0.863. The third-order valence-corrected chi connectivity index (χ3v) is 3.12. The second kappa shape index (κ2) is 4.33. The highest BCUT2D eigenvalue weighted by Gasteiger charge is 2.51. The van der Waals surface area contributed by atoms with Crippen LogP contribution >= 0.6 is 0 Å². The van der Waals surface area contributed by atoms with Gasteiger partial charge in [-0.15, -0.1) is 0 Å². The fraction of sp³-hybridized carbons (Fsp3) is 0.538. The van der Waals surface area contributed by atoms with Crippen molar-refractivity contribution in [2.45, 2.75) is 31.3 Å². The SMILES string of the molecule is [2H][C@@H]1[C@H](CCO)[C@@]1(O)CCc1ccccc1. The second-order valence-electron chi connectivity index (χ2n) is 4.26. The molecule has 0 radical (unpaired) electrons. The van der Waals surface area contributed by atoms with Gasteiger partial charge >= 0.3 is 0 Å². The molecule has 2 heteroatoms. The van der Waals surface area contributed by atoms with Crippen LogP contribution in [0.5, 0.6) is 0 Å². The van der Waals surface area contributed by atoms with Crippen molar-refractivity contribution >= 4 is 0 Å². The lowest BCUT2D eigenvalue weighted by atomic mass is 10.0. The quantitative estimate of drug-likeness (QED) is 0.772. The molecule has 0 unspecified atom stereocenters. The average Bonchev–Trinajstić information content (AvgIpc) is 2.82. The van der Waals surface area contributed by atoms with Crippen LogP contribution in [0.4, 0.5) is 0 Å². The zero-order valence-corrected chi connectivity index (χ0v) is 8.76. The summed E-state index contributed by atoms with van der Waals surface area (Å²) in [4.78, 5) is 0. The van der Waals surface area contributed by atoms with Crippen molar-refractivity contribution in [2.75, 3.05) is 6.61 Å². The molecule has 2 N–H and O–H groups in total. The smallest absolute Gasteiger partial charge is 0.0684 e. The Kier molecular flexibility index (Phi) is 2.71. The summed E-state index contributed by atoms with van der Waals surface area (Å²) in [6.07, 6.45) is 1.55. The standard InChI is InChI=1S/C13H18O2/c14-9-7-12-10-13(12,15)8-6-11-4-2-1-3-5-11/h1-5,12,14-15H,6-10H2/t12-,13+/m0/s1/i10D/t10-,12+,13-/m1. The number of aryl methyl sites for hydroxylation is 1. The molecule has 2 nitrogen and oxygen atoms in total. The van der Waals surface area contributed by atoms with Gasteiger partial charge in [-0.1, -0.05) is 30.3 Å². The van der Waals surface area contributed by atoms with Crippen LogP contribution in [-0.4, -0.2) is 22.4 Å². The van der Waals surface area contributed by atoms with Gasteiger partial charge in [-0.25, -0.2) is 0 Å². The molecule has 0 spiro atoms. The molecule has 1 aliphatic rings. The van der Waals surface area contributed by atoms with Crippen molar-refractivity contribution in [3.63, 3.8) is 0 Å². The van der Waals surface area contributed by atoms with E-state index in [2.05, 4.69) is 0 Å². The molecule has 15 heavy (non-hydrogen) atoms. The Morgan fingerprint density at radius 1 is 1.40 bits per heavy atom. The van der Waals surface area contributed by atoms with Crippen LogP contribution < -0.4 is 0 Å². The molecule has 0 aliphatic heterocycles. The molecule has 0 aromatic heterocycles. The number of hydrogen-bond acceptors (Lipinski definition) is 2. The highest BCUT2D eigenvalue weighted by atomic mass is 16.3. The lowest BCUT2D eigenvalue weighted by Gasteiger charge is -2.09. The van der Waals surface area contributed by atoms with Gasteiger partial charge in [0, 0.05) is 7.98 Å². The normalized spacial score (nSPS) is 34.9.